The van der Waals surface area contributed by atoms with Crippen molar-refractivity contribution in [1.82, 2.24) is 5.32 Å². The summed E-state index contributed by atoms with van der Waals surface area (Å²) in [6, 6.07) is 5.23. The topological polar surface area (TPSA) is 66.4 Å². The van der Waals surface area contributed by atoms with Crippen LogP contribution in [0.5, 0.6) is 0 Å². The molecule has 0 aliphatic carbocycles. The minimum Gasteiger partial charge on any atom is -0.481 e. The Balaban J connectivity index is 2.98. The summed E-state index contributed by atoms with van der Waals surface area (Å²) in [5, 5.41) is 11.5. The smallest absolute Gasteiger partial charge is 0.305 e. The van der Waals surface area contributed by atoms with Gasteiger partial charge >= 0.3 is 5.97 Å². The van der Waals surface area contributed by atoms with Crippen molar-refractivity contribution >= 4 is 11.9 Å². The molecular weight excluding hydrogens is 218 g/mol. The van der Waals surface area contributed by atoms with Gasteiger partial charge in [0.25, 0.3) is 0 Å². The number of carboxylic acid groups (broad SMARTS) is 1. The highest BCUT2D eigenvalue weighted by atomic mass is 16.4. The quantitative estimate of drug-likeness (QED) is 0.838. The highest BCUT2D eigenvalue weighted by molar-refractivity contribution is 5.75. The molecule has 0 saturated heterocycles. The fourth-order valence-electron chi connectivity index (χ4n) is 1.65. The van der Waals surface area contributed by atoms with Crippen LogP contribution in [0.2, 0.25) is 0 Å². The predicted molar refractivity (Wildman–Crippen MR) is 64.7 cm³/mol. The summed E-state index contributed by atoms with van der Waals surface area (Å²) >= 11 is 0. The van der Waals surface area contributed by atoms with Gasteiger partial charge in [0.2, 0.25) is 5.91 Å². The molecule has 0 unspecified atom stereocenters. The van der Waals surface area contributed by atoms with Crippen LogP contribution >= 0.6 is 0 Å². The van der Waals surface area contributed by atoms with Crippen LogP contribution in [-0.4, -0.2) is 17.0 Å². The zero-order valence-electron chi connectivity index (χ0n) is 10.3. The van der Waals surface area contributed by atoms with Gasteiger partial charge in [-0.05, 0) is 30.5 Å². The standard InChI is InChI=1S/C13H17NO3/c1-8-4-5-11(6-9(8)2)12(7-13(16)17)14-10(3)15/h4-6,12H,7H2,1-3H3,(H,14,15)(H,16,17)/t12-/m0/s1. The summed E-state index contributed by atoms with van der Waals surface area (Å²) in [6.07, 6.45) is -0.109. The Morgan fingerprint density at radius 1 is 1.29 bits per heavy atom. The number of carbonyl (C=O) groups is 2. The number of amides is 1. The van der Waals surface area contributed by atoms with Crippen molar-refractivity contribution in [2.24, 2.45) is 0 Å². The normalized spacial score (nSPS) is 11.9. The third-order valence-corrected chi connectivity index (χ3v) is 2.69. The number of carbonyl (C=O) groups excluding carboxylic acids is 1. The van der Waals surface area contributed by atoms with E-state index in [1.165, 1.54) is 6.92 Å². The van der Waals surface area contributed by atoms with E-state index in [2.05, 4.69) is 5.32 Å². The van der Waals surface area contributed by atoms with E-state index < -0.39 is 12.0 Å². The number of aliphatic carboxylic acids is 1. The van der Waals surface area contributed by atoms with E-state index in [9.17, 15) is 9.59 Å². The monoisotopic (exact) mass is 235 g/mol. The lowest BCUT2D eigenvalue weighted by Crippen LogP contribution is -2.28. The third kappa shape index (κ3) is 3.90. The van der Waals surface area contributed by atoms with E-state index in [4.69, 9.17) is 5.11 Å². The average molecular weight is 235 g/mol. The first-order valence-corrected chi connectivity index (χ1v) is 5.46. The van der Waals surface area contributed by atoms with Crippen molar-refractivity contribution in [2.45, 2.75) is 33.2 Å². The molecule has 0 radical (unpaired) electrons. The minimum absolute atomic E-state index is 0.109. The van der Waals surface area contributed by atoms with Crippen LogP contribution in [0.3, 0.4) is 0 Å². The van der Waals surface area contributed by atoms with Crippen molar-refractivity contribution in [3.05, 3.63) is 34.9 Å². The van der Waals surface area contributed by atoms with Crippen LogP contribution < -0.4 is 5.32 Å². The minimum atomic E-state index is -0.929. The molecule has 0 saturated carbocycles. The first-order valence-electron chi connectivity index (χ1n) is 5.46. The highest BCUT2D eigenvalue weighted by Gasteiger charge is 2.16. The van der Waals surface area contributed by atoms with E-state index in [1.807, 2.05) is 32.0 Å². The van der Waals surface area contributed by atoms with E-state index in [-0.39, 0.29) is 12.3 Å². The molecule has 1 rings (SSSR count). The highest BCUT2D eigenvalue weighted by Crippen LogP contribution is 2.20. The molecule has 0 bridgehead atoms. The lowest BCUT2D eigenvalue weighted by molar-refractivity contribution is -0.137. The van der Waals surface area contributed by atoms with Crippen LogP contribution in [0, 0.1) is 13.8 Å². The fourth-order valence-corrected chi connectivity index (χ4v) is 1.65. The summed E-state index contributed by atoms with van der Waals surface area (Å²) in [4.78, 5) is 21.8. The van der Waals surface area contributed by atoms with E-state index in [0.717, 1.165) is 16.7 Å². The molecule has 1 atom stereocenters. The maximum atomic E-state index is 11.1. The first-order chi connectivity index (χ1) is 7.90. The zero-order valence-corrected chi connectivity index (χ0v) is 10.3. The van der Waals surface area contributed by atoms with Gasteiger partial charge in [-0.2, -0.15) is 0 Å². The second kappa shape index (κ2) is 5.48. The Bertz CT molecular complexity index is 424. The third-order valence-electron chi connectivity index (χ3n) is 2.69. The molecule has 0 aliphatic heterocycles. The Hall–Kier alpha value is -1.84. The molecular formula is C13H17NO3. The number of hydrogen-bond donors (Lipinski definition) is 2. The van der Waals surface area contributed by atoms with Gasteiger partial charge in [-0.15, -0.1) is 0 Å². The number of benzene rings is 1. The van der Waals surface area contributed by atoms with E-state index in [1.54, 1.807) is 0 Å². The molecule has 4 heteroatoms. The van der Waals surface area contributed by atoms with Gasteiger partial charge in [-0.3, -0.25) is 9.59 Å². The molecule has 1 amide bonds. The second-order valence-electron chi connectivity index (χ2n) is 4.19. The maximum absolute atomic E-state index is 11.1. The fraction of sp³-hybridized carbons (Fsp3) is 0.385. The van der Waals surface area contributed by atoms with Gasteiger partial charge in [0.15, 0.2) is 0 Å². The molecule has 17 heavy (non-hydrogen) atoms. The molecule has 92 valence electrons. The van der Waals surface area contributed by atoms with Crippen LogP contribution in [0.15, 0.2) is 18.2 Å². The Morgan fingerprint density at radius 2 is 1.94 bits per heavy atom. The summed E-state index contributed by atoms with van der Waals surface area (Å²) < 4.78 is 0. The number of aryl methyl sites for hydroxylation is 2. The molecule has 0 aliphatic rings. The number of nitrogens with one attached hydrogen (secondary N) is 1. The lowest BCUT2D eigenvalue weighted by atomic mass is 9.99. The van der Waals surface area contributed by atoms with Gasteiger partial charge < -0.3 is 10.4 Å². The zero-order chi connectivity index (χ0) is 13.0. The van der Waals surface area contributed by atoms with Gasteiger partial charge in [-0.25, -0.2) is 0 Å². The summed E-state index contributed by atoms with van der Waals surface area (Å²) in [7, 11) is 0. The molecule has 1 aromatic carbocycles. The molecule has 0 fully saturated rings. The summed E-state index contributed by atoms with van der Waals surface area (Å²) in [6.45, 7) is 5.34. The second-order valence-corrected chi connectivity index (χ2v) is 4.19. The SMILES string of the molecule is CC(=O)N[C@@H](CC(=O)O)c1ccc(C)c(C)c1. The summed E-state index contributed by atoms with van der Waals surface area (Å²) in [5.74, 6) is -1.16. The van der Waals surface area contributed by atoms with Crippen LogP contribution in [-0.2, 0) is 9.59 Å². The molecule has 2 N–H and O–H groups in total. The Morgan fingerprint density at radius 3 is 2.41 bits per heavy atom. The van der Waals surface area contributed by atoms with Crippen molar-refractivity contribution in [2.75, 3.05) is 0 Å². The van der Waals surface area contributed by atoms with Crippen molar-refractivity contribution in [3.63, 3.8) is 0 Å². The van der Waals surface area contributed by atoms with Gasteiger partial charge in [0, 0.05) is 6.92 Å². The van der Waals surface area contributed by atoms with Crippen molar-refractivity contribution in [3.8, 4) is 0 Å². The largest absolute Gasteiger partial charge is 0.481 e. The molecule has 0 aromatic heterocycles. The maximum Gasteiger partial charge on any atom is 0.305 e. The van der Waals surface area contributed by atoms with Gasteiger partial charge in [-0.1, -0.05) is 18.2 Å². The van der Waals surface area contributed by atoms with Crippen LogP contribution in [0.1, 0.15) is 36.1 Å². The van der Waals surface area contributed by atoms with Gasteiger partial charge in [0.1, 0.15) is 0 Å². The van der Waals surface area contributed by atoms with Crippen LogP contribution in [0.25, 0.3) is 0 Å². The molecule has 0 heterocycles. The predicted octanol–water partition coefficient (Wildman–Crippen LogP) is 1.96. The van der Waals surface area contributed by atoms with Crippen LogP contribution in [0.4, 0.5) is 0 Å². The number of hydrogen-bond acceptors (Lipinski definition) is 2. The molecule has 0 spiro atoms. The number of rotatable bonds is 4. The Labute approximate surface area is 101 Å². The number of carboxylic acids is 1. The molecule has 1 aromatic rings. The van der Waals surface area contributed by atoms with Crippen molar-refractivity contribution < 1.29 is 14.7 Å². The Kier molecular flexibility index (Phi) is 4.26. The van der Waals surface area contributed by atoms with E-state index in [0.29, 0.717) is 0 Å². The van der Waals surface area contributed by atoms with Crippen molar-refractivity contribution in [1.29, 1.82) is 0 Å². The van der Waals surface area contributed by atoms with E-state index >= 15 is 0 Å². The van der Waals surface area contributed by atoms with Gasteiger partial charge in [0.05, 0.1) is 12.5 Å². The molecule has 4 nitrogen and oxygen atoms in total. The average Bonchev–Trinajstić information content (AvgIpc) is 2.19. The first kappa shape index (κ1) is 13.2. The lowest BCUT2D eigenvalue weighted by Gasteiger charge is -2.17. The summed E-state index contributed by atoms with van der Waals surface area (Å²) in [5.41, 5.74) is 3.06.